The lowest BCUT2D eigenvalue weighted by Crippen LogP contribution is -2.22. The molecule has 0 aliphatic heterocycles. The first kappa shape index (κ1) is 26.8. The van der Waals surface area contributed by atoms with Crippen LogP contribution in [0.15, 0.2) is 97.2 Å². The summed E-state index contributed by atoms with van der Waals surface area (Å²) in [7, 11) is 0. The van der Waals surface area contributed by atoms with Gasteiger partial charge in [0.2, 0.25) is 5.91 Å². The Morgan fingerprint density at radius 2 is 1.32 bits per heavy atom. The fourth-order valence-electron chi connectivity index (χ4n) is 3.21. The van der Waals surface area contributed by atoms with Crippen molar-refractivity contribution in [1.29, 1.82) is 0 Å². The maximum atomic E-state index is 12.0. The molecule has 0 aliphatic rings. The number of carbonyl (C=O) groups is 1. The number of nitrogens with one attached hydrogen (secondary N) is 2. The molecular weight excluding hydrogens is 418 g/mol. The fourth-order valence-corrected chi connectivity index (χ4v) is 3.21. The quantitative estimate of drug-likeness (QED) is 0.254. The number of benzene rings is 1. The van der Waals surface area contributed by atoms with Crippen LogP contribution in [0.25, 0.3) is 11.0 Å². The number of amides is 1. The summed E-state index contributed by atoms with van der Waals surface area (Å²) >= 11 is 0. The van der Waals surface area contributed by atoms with Gasteiger partial charge in [-0.2, -0.15) is 0 Å². The standard InChI is InChI=1S/C30H39N3O/c1-2-3-4-5-6-7-8-9-10-11-12-13-14-15-16-17-18-19-20-25-30(34)31-26-29-32-27-23-21-22-24-28(27)33-29/h3-4,6-7,9-10,12-13,15-16,18-19,21-24H,2,5,8,11,14,17,20,25-26H2,1H3,(H,31,34)(H,32,33)/b4-3-,7-6-,10-9-,13-12-,16-15-,19-18-. The highest BCUT2D eigenvalue weighted by Gasteiger charge is 2.04. The van der Waals surface area contributed by atoms with Gasteiger partial charge in [-0.05, 0) is 57.1 Å². The number of para-hydroxylation sites is 2. The van der Waals surface area contributed by atoms with Crippen molar-refractivity contribution in [3.63, 3.8) is 0 Å². The summed E-state index contributed by atoms with van der Waals surface area (Å²) in [5, 5.41) is 2.92. The number of rotatable bonds is 16. The molecule has 1 aromatic carbocycles. The van der Waals surface area contributed by atoms with Gasteiger partial charge in [0, 0.05) is 6.42 Å². The summed E-state index contributed by atoms with van der Waals surface area (Å²) in [5.74, 6) is 0.823. The molecule has 4 heteroatoms. The number of allylic oxidation sites excluding steroid dienone is 12. The van der Waals surface area contributed by atoms with Crippen molar-refractivity contribution in [3.8, 4) is 0 Å². The van der Waals surface area contributed by atoms with Gasteiger partial charge in [0.1, 0.15) is 5.82 Å². The van der Waals surface area contributed by atoms with E-state index >= 15 is 0 Å². The molecule has 2 aromatic rings. The Morgan fingerprint density at radius 3 is 1.88 bits per heavy atom. The number of nitrogens with zero attached hydrogens (tertiary/aromatic N) is 1. The molecule has 180 valence electrons. The normalized spacial score (nSPS) is 12.7. The van der Waals surface area contributed by atoms with Gasteiger partial charge in [-0.3, -0.25) is 4.79 Å². The molecule has 4 nitrogen and oxygen atoms in total. The van der Waals surface area contributed by atoms with Crippen molar-refractivity contribution in [2.24, 2.45) is 0 Å². The lowest BCUT2D eigenvalue weighted by atomic mass is 10.2. The minimum Gasteiger partial charge on any atom is -0.349 e. The second kappa shape index (κ2) is 18.1. The Labute approximate surface area is 205 Å². The maximum Gasteiger partial charge on any atom is 0.220 e. The van der Waals surface area contributed by atoms with Gasteiger partial charge in [0.25, 0.3) is 0 Å². The zero-order valence-electron chi connectivity index (χ0n) is 20.5. The highest BCUT2D eigenvalue weighted by atomic mass is 16.1. The van der Waals surface area contributed by atoms with E-state index in [1.54, 1.807) is 0 Å². The predicted octanol–water partition coefficient (Wildman–Crippen LogP) is 7.66. The van der Waals surface area contributed by atoms with Crippen LogP contribution in [0.5, 0.6) is 0 Å². The van der Waals surface area contributed by atoms with Gasteiger partial charge in [0.15, 0.2) is 0 Å². The zero-order chi connectivity index (χ0) is 24.1. The molecule has 0 unspecified atom stereocenters. The van der Waals surface area contributed by atoms with Gasteiger partial charge in [0.05, 0.1) is 17.6 Å². The van der Waals surface area contributed by atoms with Crippen LogP contribution in [0.1, 0.15) is 64.1 Å². The van der Waals surface area contributed by atoms with Crippen LogP contribution in [0.2, 0.25) is 0 Å². The molecule has 1 aromatic heterocycles. The van der Waals surface area contributed by atoms with Crippen LogP contribution in [-0.4, -0.2) is 15.9 Å². The molecule has 0 radical (unpaired) electrons. The van der Waals surface area contributed by atoms with E-state index in [2.05, 4.69) is 95.1 Å². The average Bonchev–Trinajstić information content (AvgIpc) is 3.27. The number of aromatic amines is 1. The van der Waals surface area contributed by atoms with E-state index in [1.165, 1.54) is 0 Å². The van der Waals surface area contributed by atoms with Crippen LogP contribution in [0, 0.1) is 0 Å². The molecule has 0 saturated carbocycles. The largest absolute Gasteiger partial charge is 0.349 e. The Hall–Kier alpha value is -3.40. The molecule has 0 saturated heterocycles. The van der Waals surface area contributed by atoms with Gasteiger partial charge in [-0.25, -0.2) is 4.98 Å². The lowest BCUT2D eigenvalue weighted by molar-refractivity contribution is -0.121. The Kier molecular flexibility index (Phi) is 14.3. The lowest BCUT2D eigenvalue weighted by Gasteiger charge is -2.01. The molecule has 0 atom stereocenters. The van der Waals surface area contributed by atoms with Crippen molar-refractivity contribution >= 4 is 16.9 Å². The van der Waals surface area contributed by atoms with E-state index < -0.39 is 0 Å². The van der Waals surface area contributed by atoms with Gasteiger partial charge in [-0.15, -0.1) is 0 Å². The molecule has 0 spiro atoms. The summed E-state index contributed by atoms with van der Waals surface area (Å²) in [6.45, 7) is 2.58. The summed E-state index contributed by atoms with van der Waals surface area (Å²) in [6.07, 6.45) is 33.4. The van der Waals surface area contributed by atoms with E-state index in [0.717, 1.165) is 61.8 Å². The molecular formula is C30H39N3O. The molecule has 1 amide bonds. The fraction of sp³-hybridized carbons (Fsp3) is 0.333. The van der Waals surface area contributed by atoms with Gasteiger partial charge >= 0.3 is 0 Å². The summed E-state index contributed by atoms with van der Waals surface area (Å²) in [6, 6.07) is 7.86. The molecule has 0 fully saturated rings. The highest BCUT2D eigenvalue weighted by Crippen LogP contribution is 2.10. The highest BCUT2D eigenvalue weighted by molar-refractivity contribution is 5.77. The average molecular weight is 458 g/mol. The number of carbonyl (C=O) groups excluding carboxylic acids is 1. The van der Waals surface area contributed by atoms with Crippen LogP contribution in [0.3, 0.4) is 0 Å². The molecule has 1 heterocycles. The number of hydrogen-bond acceptors (Lipinski definition) is 2. The van der Waals surface area contributed by atoms with Crippen LogP contribution in [-0.2, 0) is 11.3 Å². The molecule has 34 heavy (non-hydrogen) atoms. The first-order valence-corrected chi connectivity index (χ1v) is 12.4. The third-order valence-electron chi connectivity index (χ3n) is 5.03. The van der Waals surface area contributed by atoms with Crippen molar-refractivity contribution in [2.75, 3.05) is 0 Å². The summed E-state index contributed by atoms with van der Waals surface area (Å²) < 4.78 is 0. The molecule has 0 bridgehead atoms. The van der Waals surface area contributed by atoms with Crippen molar-refractivity contribution in [1.82, 2.24) is 15.3 Å². The Bertz CT molecular complexity index is 972. The van der Waals surface area contributed by atoms with E-state index in [4.69, 9.17) is 0 Å². The minimum atomic E-state index is 0.0417. The smallest absolute Gasteiger partial charge is 0.220 e. The predicted molar refractivity (Wildman–Crippen MR) is 145 cm³/mol. The first-order chi connectivity index (χ1) is 16.8. The summed E-state index contributed by atoms with van der Waals surface area (Å²) in [5.41, 5.74) is 1.91. The van der Waals surface area contributed by atoms with Gasteiger partial charge in [-0.1, -0.05) is 92.0 Å². The Balaban J connectivity index is 1.45. The van der Waals surface area contributed by atoms with Crippen molar-refractivity contribution < 1.29 is 4.79 Å². The number of hydrogen-bond donors (Lipinski definition) is 2. The second-order valence-electron chi connectivity index (χ2n) is 7.93. The van der Waals surface area contributed by atoms with Crippen molar-refractivity contribution in [3.05, 3.63) is 103 Å². The van der Waals surface area contributed by atoms with Crippen LogP contribution >= 0.6 is 0 Å². The second-order valence-corrected chi connectivity index (χ2v) is 7.93. The van der Waals surface area contributed by atoms with Crippen molar-refractivity contribution in [2.45, 2.75) is 64.8 Å². The first-order valence-electron chi connectivity index (χ1n) is 12.4. The van der Waals surface area contributed by atoms with Crippen LogP contribution in [0.4, 0.5) is 0 Å². The molecule has 2 rings (SSSR count). The molecule has 0 aliphatic carbocycles. The number of fused-ring (bicyclic) bond motifs is 1. The molecule has 2 N–H and O–H groups in total. The SMILES string of the molecule is CC/C=C\C/C=C\C/C=C\C/C=C\C/C=C\C/C=C\CCC(=O)NCc1nc2ccccc2[nH]1. The monoisotopic (exact) mass is 457 g/mol. The van der Waals surface area contributed by atoms with E-state index in [1.807, 2.05) is 24.3 Å². The van der Waals surface area contributed by atoms with E-state index in [0.29, 0.717) is 13.0 Å². The number of imidazole rings is 1. The van der Waals surface area contributed by atoms with Crippen LogP contribution < -0.4 is 5.32 Å². The van der Waals surface area contributed by atoms with E-state index in [-0.39, 0.29) is 5.91 Å². The number of H-pyrrole nitrogens is 1. The van der Waals surface area contributed by atoms with Gasteiger partial charge < -0.3 is 10.3 Å². The Morgan fingerprint density at radius 1 is 0.794 bits per heavy atom. The third-order valence-corrected chi connectivity index (χ3v) is 5.03. The topological polar surface area (TPSA) is 57.8 Å². The maximum absolute atomic E-state index is 12.0. The minimum absolute atomic E-state index is 0.0417. The van der Waals surface area contributed by atoms with E-state index in [9.17, 15) is 4.79 Å². The number of aromatic nitrogens is 2. The zero-order valence-corrected chi connectivity index (χ0v) is 20.5. The third kappa shape index (κ3) is 12.6. The summed E-state index contributed by atoms with van der Waals surface area (Å²) in [4.78, 5) is 19.7.